The molecule has 1 heterocycles. The Kier molecular flexibility index (Phi) is 3.28. The number of fused-ring (bicyclic) bond motifs is 1. The van der Waals surface area contributed by atoms with Gasteiger partial charge < -0.3 is 9.88 Å². The van der Waals surface area contributed by atoms with Gasteiger partial charge in [0.05, 0.1) is 17.6 Å². The molecule has 2 rings (SSSR count). The molecule has 4 heteroatoms. The first-order valence-electron chi connectivity index (χ1n) is 5.05. The third-order valence-corrected chi connectivity index (χ3v) is 2.68. The highest BCUT2D eigenvalue weighted by atomic mass is 32.1. The average molecular weight is 221 g/mol. The molecule has 0 atom stereocenters. The van der Waals surface area contributed by atoms with E-state index in [1.807, 2.05) is 25.2 Å². The van der Waals surface area contributed by atoms with Crippen molar-refractivity contribution in [3.05, 3.63) is 30.1 Å². The number of hydrogen-bond donors (Lipinski definition) is 2. The number of hydrogen-bond acceptors (Lipinski definition) is 3. The normalized spacial score (nSPS) is 11.1. The van der Waals surface area contributed by atoms with Crippen molar-refractivity contribution in [2.75, 3.05) is 12.3 Å². The first-order valence-corrected chi connectivity index (χ1v) is 5.68. The largest absolute Gasteiger partial charge is 0.330 e. The third-order valence-electron chi connectivity index (χ3n) is 2.45. The van der Waals surface area contributed by atoms with Crippen LogP contribution in [0.25, 0.3) is 11.0 Å². The van der Waals surface area contributed by atoms with Crippen molar-refractivity contribution < 1.29 is 0 Å². The second-order valence-corrected chi connectivity index (χ2v) is 3.92. The summed E-state index contributed by atoms with van der Waals surface area (Å²) in [4.78, 5) is 4.56. The molecule has 0 saturated heterocycles. The Labute approximate surface area is 94.9 Å². The standard InChI is InChI=1S/C11H15N3S/c1-14-10-5-3-2-4-9(10)13-11(14)8-12-6-7-15/h2-5,12,15H,6-8H2,1H3. The lowest BCUT2D eigenvalue weighted by Crippen LogP contribution is -2.18. The minimum atomic E-state index is 0.797. The monoisotopic (exact) mass is 221 g/mol. The number of rotatable bonds is 4. The van der Waals surface area contributed by atoms with Crippen molar-refractivity contribution in [2.45, 2.75) is 6.54 Å². The van der Waals surface area contributed by atoms with Crippen molar-refractivity contribution in [2.24, 2.45) is 7.05 Å². The number of para-hydroxylation sites is 2. The maximum absolute atomic E-state index is 4.56. The smallest absolute Gasteiger partial charge is 0.123 e. The summed E-state index contributed by atoms with van der Waals surface area (Å²) in [5, 5.41) is 3.29. The van der Waals surface area contributed by atoms with E-state index in [9.17, 15) is 0 Å². The highest BCUT2D eigenvalue weighted by molar-refractivity contribution is 7.80. The molecule has 2 aromatic rings. The zero-order valence-corrected chi connectivity index (χ0v) is 9.67. The summed E-state index contributed by atoms with van der Waals surface area (Å²) in [5.74, 6) is 1.92. The lowest BCUT2D eigenvalue weighted by atomic mass is 10.3. The molecule has 80 valence electrons. The van der Waals surface area contributed by atoms with E-state index >= 15 is 0 Å². The fraction of sp³-hybridized carbons (Fsp3) is 0.364. The van der Waals surface area contributed by atoms with Gasteiger partial charge in [0.2, 0.25) is 0 Å². The van der Waals surface area contributed by atoms with Gasteiger partial charge in [-0.3, -0.25) is 0 Å². The van der Waals surface area contributed by atoms with Crippen LogP contribution in [-0.2, 0) is 13.6 Å². The molecule has 0 aliphatic carbocycles. The van der Waals surface area contributed by atoms with Crippen LogP contribution in [0.5, 0.6) is 0 Å². The van der Waals surface area contributed by atoms with Gasteiger partial charge in [-0.25, -0.2) is 4.98 Å². The fourth-order valence-electron chi connectivity index (χ4n) is 1.63. The molecular formula is C11H15N3S. The summed E-state index contributed by atoms with van der Waals surface area (Å²) in [6, 6.07) is 8.18. The van der Waals surface area contributed by atoms with Gasteiger partial charge in [-0.1, -0.05) is 12.1 Å². The third kappa shape index (κ3) is 2.16. The van der Waals surface area contributed by atoms with E-state index < -0.39 is 0 Å². The Morgan fingerprint density at radius 3 is 2.93 bits per heavy atom. The van der Waals surface area contributed by atoms with Gasteiger partial charge >= 0.3 is 0 Å². The Morgan fingerprint density at radius 1 is 1.40 bits per heavy atom. The van der Waals surface area contributed by atoms with Crippen molar-refractivity contribution in [1.29, 1.82) is 0 Å². The maximum atomic E-state index is 4.56. The van der Waals surface area contributed by atoms with E-state index in [4.69, 9.17) is 0 Å². The van der Waals surface area contributed by atoms with Crippen LogP contribution in [0.4, 0.5) is 0 Å². The van der Waals surface area contributed by atoms with E-state index in [1.165, 1.54) is 5.52 Å². The minimum absolute atomic E-state index is 0.797. The van der Waals surface area contributed by atoms with Gasteiger partial charge in [-0.2, -0.15) is 12.6 Å². The molecule has 0 bridgehead atoms. The van der Waals surface area contributed by atoms with Crippen LogP contribution in [0, 0.1) is 0 Å². The van der Waals surface area contributed by atoms with Gasteiger partial charge in [-0.05, 0) is 12.1 Å². The molecule has 1 N–H and O–H groups in total. The average Bonchev–Trinajstić information content (AvgIpc) is 2.57. The molecule has 3 nitrogen and oxygen atoms in total. The lowest BCUT2D eigenvalue weighted by molar-refractivity contribution is 0.671. The first kappa shape index (κ1) is 10.5. The topological polar surface area (TPSA) is 29.9 Å². The number of nitrogens with one attached hydrogen (secondary N) is 1. The van der Waals surface area contributed by atoms with Crippen molar-refractivity contribution >= 4 is 23.7 Å². The van der Waals surface area contributed by atoms with Crippen LogP contribution >= 0.6 is 12.6 Å². The van der Waals surface area contributed by atoms with Crippen LogP contribution in [0.15, 0.2) is 24.3 Å². The van der Waals surface area contributed by atoms with Crippen molar-refractivity contribution in [1.82, 2.24) is 14.9 Å². The molecule has 0 aliphatic rings. The zero-order valence-electron chi connectivity index (χ0n) is 8.77. The maximum Gasteiger partial charge on any atom is 0.123 e. The summed E-state index contributed by atoms with van der Waals surface area (Å²) >= 11 is 4.15. The van der Waals surface area contributed by atoms with Crippen LogP contribution < -0.4 is 5.32 Å². The summed E-state index contributed by atoms with van der Waals surface area (Å²) in [7, 11) is 2.05. The van der Waals surface area contributed by atoms with Gasteiger partial charge in [-0.15, -0.1) is 0 Å². The number of aromatic nitrogens is 2. The Bertz CT molecular complexity index is 450. The van der Waals surface area contributed by atoms with E-state index in [2.05, 4.69) is 33.6 Å². The van der Waals surface area contributed by atoms with E-state index in [0.717, 1.165) is 30.2 Å². The van der Waals surface area contributed by atoms with Crippen molar-refractivity contribution in [3.8, 4) is 0 Å². The Balaban J connectivity index is 2.24. The molecule has 15 heavy (non-hydrogen) atoms. The van der Waals surface area contributed by atoms with Crippen molar-refractivity contribution in [3.63, 3.8) is 0 Å². The molecule has 0 amide bonds. The zero-order chi connectivity index (χ0) is 10.7. The summed E-state index contributed by atoms with van der Waals surface area (Å²) in [5.41, 5.74) is 2.24. The molecule has 0 spiro atoms. The minimum Gasteiger partial charge on any atom is -0.330 e. The van der Waals surface area contributed by atoms with Gasteiger partial charge in [0.15, 0.2) is 0 Å². The highest BCUT2D eigenvalue weighted by Crippen LogP contribution is 2.13. The van der Waals surface area contributed by atoms with E-state index in [1.54, 1.807) is 0 Å². The fourth-order valence-corrected chi connectivity index (χ4v) is 1.79. The van der Waals surface area contributed by atoms with Crippen LogP contribution in [0.3, 0.4) is 0 Å². The number of thiol groups is 1. The Morgan fingerprint density at radius 2 is 2.20 bits per heavy atom. The lowest BCUT2D eigenvalue weighted by Gasteiger charge is -2.02. The number of aryl methyl sites for hydroxylation is 1. The molecule has 0 fully saturated rings. The van der Waals surface area contributed by atoms with Crippen LogP contribution in [0.1, 0.15) is 5.82 Å². The number of nitrogens with zero attached hydrogens (tertiary/aromatic N) is 2. The van der Waals surface area contributed by atoms with Gasteiger partial charge in [0.25, 0.3) is 0 Å². The van der Waals surface area contributed by atoms with Gasteiger partial charge in [0.1, 0.15) is 5.82 Å². The number of benzene rings is 1. The van der Waals surface area contributed by atoms with E-state index in [0.29, 0.717) is 0 Å². The Hall–Kier alpha value is -1.00. The van der Waals surface area contributed by atoms with E-state index in [-0.39, 0.29) is 0 Å². The second kappa shape index (κ2) is 4.68. The van der Waals surface area contributed by atoms with Crippen LogP contribution in [-0.4, -0.2) is 21.8 Å². The molecule has 0 aliphatic heterocycles. The highest BCUT2D eigenvalue weighted by Gasteiger charge is 2.05. The predicted molar refractivity (Wildman–Crippen MR) is 66.3 cm³/mol. The predicted octanol–water partition coefficient (Wildman–Crippen LogP) is 1.59. The molecular weight excluding hydrogens is 206 g/mol. The van der Waals surface area contributed by atoms with Gasteiger partial charge in [0, 0.05) is 19.3 Å². The quantitative estimate of drug-likeness (QED) is 0.606. The molecule has 0 unspecified atom stereocenters. The summed E-state index contributed by atoms with van der Waals surface area (Å²) in [6.45, 7) is 1.71. The molecule has 0 saturated carbocycles. The van der Waals surface area contributed by atoms with Crippen LogP contribution in [0.2, 0.25) is 0 Å². The molecule has 1 aromatic carbocycles. The number of imidazole rings is 1. The summed E-state index contributed by atoms with van der Waals surface area (Å²) in [6.07, 6.45) is 0. The SMILES string of the molecule is Cn1c(CNCCS)nc2ccccc21. The summed E-state index contributed by atoms with van der Waals surface area (Å²) < 4.78 is 2.13. The molecule has 0 radical (unpaired) electrons. The first-order chi connectivity index (χ1) is 7.33. The second-order valence-electron chi connectivity index (χ2n) is 3.48. The molecule has 1 aromatic heterocycles.